The van der Waals surface area contributed by atoms with Crippen molar-refractivity contribution in [1.29, 1.82) is 0 Å². The summed E-state index contributed by atoms with van der Waals surface area (Å²) < 4.78 is 1.97. The number of fused-ring (bicyclic) bond motifs is 1. The van der Waals surface area contributed by atoms with Crippen LogP contribution in [-0.4, -0.2) is 23.6 Å². The third-order valence-electron chi connectivity index (χ3n) is 3.42. The van der Waals surface area contributed by atoms with Crippen LogP contribution in [0.5, 0.6) is 0 Å². The lowest BCUT2D eigenvalue weighted by atomic mass is 9.94. The summed E-state index contributed by atoms with van der Waals surface area (Å²) in [6.07, 6.45) is 1.87. The Morgan fingerprint density at radius 2 is 2.05 bits per heavy atom. The highest BCUT2D eigenvalue weighted by atomic mass is 16.1. The molecule has 0 atom stereocenters. The third kappa shape index (κ3) is 2.79. The maximum absolute atomic E-state index is 12.3. The molecule has 0 saturated carbocycles. The zero-order chi connectivity index (χ0) is 14.0. The normalized spacial score (nSPS) is 11.8. The highest BCUT2D eigenvalue weighted by Crippen LogP contribution is 2.20. The van der Waals surface area contributed by atoms with Gasteiger partial charge in [-0.1, -0.05) is 32.0 Å². The van der Waals surface area contributed by atoms with Crippen LogP contribution in [0.4, 0.5) is 0 Å². The van der Waals surface area contributed by atoms with Crippen molar-refractivity contribution in [1.82, 2.24) is 9.88 Å². The van der Waals surface area contributed by atoms with E-state index in [4.69, 9.17) is 5.73 Å². The summed E-state index contributed by atoms with van der Waals surface area (Å²) in [5.41, 5.74) is 7.36. The van der Waals surface area contributed by atoms with Gasteiger partial charge >= 0.3 is 0 Å². The Bertz CT molecular complexity index is 598. The lowest BCUT2D eigenvalue weighted by Crippen LogP contribution is -2.38. The first kappa shape index (κ1) is 13.6. The molecule has 1 aromatic carbocycles. The van der Waals surface area contributed by atoms with E-state index in [0.29, 0.717) is 18.7 Å². The second-order valence-electron chi connectivity index (χ2n) is 5.72. The predicted octanol–water partition coefficient (Wildman–Crippen LogP) is 1.89. The average molecular weight is 259 g/mol. The van der Waals surface area contributed by atoms with Gasteiger partial charge in [-0.05, 0) is 18.0 Å². The second-order valence-corrected chi connectivity index (χ2v) is 5.72. The molecule has 0 saturated heterocycles. The van der Waals surface area contributed by atoms with Crippen LogP contribution in [0.25, 0.3) is 10.9 Å². The number of rotatable bonds is 4. The maximum Gasteiger partial charge on any atom is 0.253 e. The molecule has 102 valence electrons. The highest BCUT2D eigenvalue weighted by Gasteiger charge is 2.19. The van der Waals surface area contributed by atoms with Crippen molar-refractivity contribution in [3.8, 4) is 0 Å². The van der Waals surface area contributed by atoms with Gasteiger partial charge in [0.05, 0.1) is 5.56 Å². The molecule has 0 unspecified atom stereocenters. The van der Waals surface area contributed by atoms with Crippen LogP contribution >= 0.6 is 0 Å². The van der Waals surface area contributed by atoms with Crippen molar-refractivity contribution in [2.24, 2.45) is 18.2 Å². The largest absolute Gasteiger partial charge is 0.351 e. The second kappa shape index (κ2) is 5.05. The number of hydrogen-bond donors (Lipinski definition) is 2. The molecule has 0 aliphatic carbocycles. The van der Waals surface area contributed by atoms with Gasteiger partial charge < -0.3 is 15.6 Å². The van der Waals surface area contributed by atoms with E-state index in [1.807, 2.05) is 55.9 Å². The molecule has 0 bridgehead atoms. The number of aromatic nitrogens is 1. The number of carbonyl (C=O) groups is 1. The summed E-state index contributed by atoms with van der Waals surface area (Å²) in [6.45, 7) is 5.20. The zero-order valence-electron chi connectivity index (χ0n) is 11.7. The molecule has 1 amide bonds. The van der Waals surface area contributed by atoms with Crippen molar-refractivity contribution in [3.05, 3.63) is 36.0 Å². The van der Waals surface area contributed by atoms with Gasteiger partial charge in [-0.15, -0.1) is 0 Å². The molecule has 19 heavy (non-hydrogen) atoms. The van der Waals surface area contributed by atoms with Gasteiger partial charge in [0.25, 0.3) is 5.91 Å². The maximum atomic E-state index is 12.3. The third-order valence-corrected chi connectivity index (χ3v) is 3.42. The van der Waals surface area contributed by atoms with Crippen LogP contribution in [0, 0.1) is 5.41 Å². The summed E-state index contributed by atoms with van der Waals surface area (Å²) >= 11 is 0. The van der Waals surface area contributed by atoms with E-state index in [1.54, 1.807) is 0 Å². The topological polar surface area (TPSA) is 60.0 Å². The first-order valence-corrected chi connectivity index (χ1v) is 6.47. The van der Waals surface area contributed by atoms with Crippen molar-refractivity contribution in [3.63, 3.8) is 0 Å². The van der Waals surface area contributed by atoms with Gasteiger partial charge in [0, 0.05) is 30.7 Å². The molecule has 0 radical (unpaired) electrons. The fourth-order valence-electron chi connectivity index (χ4n) is 2.01. The molecule has 4 heteroatoms. The lowest BCUT2D eigenvalue weighted by Gasteiger charge is -2.22. The Morgan fingerprint density at radius 1 is 1.37 bits per heavy atom. The van der Waals surface area contributed by atoms with Gasteiger partial charge in [-0.3, -0.25) is 4.79 Å². The minimum atomic E-state index is -0.0831. The van der Waals surface area contributed by atoms with E-state index >= 15 is 0 Å². The molecule has 2 aromatic rings. The van der Waals surface area contributed by atoms with Crippen molar-refractivity contribution in [2.75, 3.05) is 13.1 Å². The number of nitrogens with one attached hydrogen (secondary N) is 1. The molecule has 0 aliphatic heterocycles. The number of nitrogens with two attached hydrogens (primary N) is 1. The SMILES string of the molecule is Cn1cc(C(=O)NCC(C)(C)CN)c2ccccc21. The summed E-state index contributed by atoms with van der Waals surface area (Å²) in [7, 11) is 1.95. The number of para-hydroxylation sites is 1. The Morgan fingerprint density at radius 3 is 2.74 bits per heavy atom. The van der Waals surface area contributed by atoms with E-state index in [-0.39, 0.29) is 11.3 Å². The van der Waals surface area contributed by atoms with Gasteiger partial charge in [-0.25, -0.2) is 0 Å². The summed E-state index contributed by atoms with van der Waals surface area (Å²) in [6, 6.07) is 7.90. The minimum absolute atomic E-state index is 0.0432. The number of aryl methyl sites for hydroxylation is 1. The standard InChI is InChI=1S/C15H21N3O/c1-15(2,9-16)10-17-14(19)12-8-18(3)13-7-5-4-6-11(12)13/h4-8H,9-10,16H2,1-3H3,(H,17,19). The number of benzene rings is 1. The predicted molar refractivity (Wildman–Crippen MR) is 78.1 cm³/mol. The van der Waals surface area contributed by atoms with Crippen LogP contribution in [0.1, 0.15) is 24.2 Å². The molecule has 4 nitrogen and oxygen atoms in total. The quantitative estimate of drug-likeness (QED) is 0.881. The molecular weight excluding hydrogens is 238 g/mol. The van der Waals surface area contributed by atoms with E-state index in [2.05, 4.69) is 5.32 Å². The summed E-state index contributed by atoms with van der Waals surface area (Å²) in [5, 5.41) is 3.94. The first-order valence-electron chi connectivity index (χ1n) is 6.47. The fraction of sp³-hybridized carbons (Fsp3) is 0.400. The Labute approximate surface area is 113 Å². The van der Waals surface area contributed by atoms with Crippen molar-refractivity contribution >= 4 is 16.8 Å². The Kier molecular flexibility index (Phi) is 3.62. The fourth-order valence-corrected chi connectivity index (χ4v) is 2.01. The molecule has 0 fully saturated rings. The monoisotopic (exact) mass is 259 g/mol. The van der Waals surface area contributed by atoms with Crippen LogP contribution in [0.2, 0.25) is 0 Å². The number of hydrogen-bond acceptors (Lipinski definition) is 2. The zero-order valence-corrected chi connectivity index (χ0v) is 11.7. The molecule has 2 rings (SSSR count). The van der Waals surface area contributed by atoms with Crippen molar-refractivity contribution in [2.45, 2.75) is 13.8 Å². The van der Waals surface area contributed by atoms with Gasteiger partial charge in [0.2, 0.25) is 0 Å². The van der Waals surface area contributed by atoms with Crippen LogP contribution < -0.4 is 11.1 Å². The molecule has 0 aliphatic rings. The highest BCUT2D eigenvalue weighted by molar-refractivity contribution is 6.06. The van der Waals surface area contributed by atoms with Crippen molar-refractivity contribution < 1.29 is 4.79 Å². The van der Waals surface area contributed by atoms with Crippen LogP contribution in [-0.2, 0) is 7.05 Å². The van der Waals surface area contributed by atoms with Crippen LogP contribution in [0.15, 0.2) is 30.5 Å². The van der Waals surface area contributed by atoms with E-state index in [9.17, 15) is 4.79 Å². The molecule has 0 spiro atoms. The summed E-state index contributed by atoms with van der Waals surface area (Å²) in [4.78, 5) is 12.3. The van der Waals surface area contributed by atoms with Gasteiger partial charge in [0.1, 0.15) is 0 Å². The smallest absolute Gasteiger partial charge is 0.253 e. The lowest BCUT2D eigenvalue weighted by molar-refractivity contribution is 0.0939. The molecule has 3 N–H and O–H groups in total. The Balaban J connectivity index is 2.23. The molecular formula is C15H21N3O. The van der Waals surface area contributed by atoms with Crippen LogP contribution in [0.3, 0.4) is 0 Å². The van der Waals surface area contributed by atoms with E-state index in [0.717, 1.165) is 10.9 Å². The number of nitrogens with zero attached hydrogens (tertiary/aromatic N) is 1. The summed E-state index contributed by atoms with van der Waals surface area (Å²) in [5.74, 6) is -0.0432. The number of amides is 1. The molecule has 1 aromatic heterocycles. The Hall–Kier alpha value is -1.81. The number of carbonyl (C=O) groups excluding carboxylic acids is 1. The van der Waals surface area contributed by atoms with Gasteiger partial charge in [0.15, 0.2) is 0 Å². The van der Waals surface area contributed by atoms with E-state index < -0.39 is 0 Å². The van der Waals surface area contributed by atoms with Gasteiger partial charge in [-0.2, -0.15) is 0 Å². The minimum Gasteiger partial charge on any atom is -0.351 e. The average Bonchev–Trinajstić information content (AvgIpc) is 2.74. The molecule has 1 heterocycles. The van der Waals surface area contributed by atoms with E-state index in [1.165, 1.54) is 0 Å². The first-order chi connectivity index (χ1) is 8.94.